The zero-order valence-electron chi connectivity index (χ0n) is 9.95. The van der Waals surface area contributed by atoms with E-state index >= 15 is 0 Å². The molecule has 0 radical (unpaired) electrons. The van der Waals surface area contributed by atoms with Gasteiger partial charge >= 0.3 is 0 Å². The molecule has 4 heteroatoms. The van der Waals surface area contributed by atoms with Crippen molar-refractivity contribution in [3.8, 4) is 5.75 Å². The number of hydrogen-bond donors (Lipinski definition) is 2. The zero-order chi connectivity index (χ0) is 12.3. The van der Waals surface area contributed by atoms with Gasteiger partial charge in [0.05, 0.1) is 6.10 Å². The van der Waals surface area contributed by atoms with E-state index in [-0.39, 0.29) is 0 Å². The summed E-state index contributed by atoms with van der Waals surface area (Å²) in [6.45, 7) is 0.701. The Hall–Kier alpha value is -0.580. The summed E-state index contributed by atoms with van der Waals surface area (Å²) in [7, 11) is 1.77. The Labute approximate surface area is 110 Å². The first-order valence-electron chi connectivity index (χ1n) is 5.92. The van der Waals surface area contributed by atoms with E-state index < -0.39 is 0 Å². The summed E-state index contributed by atoms with van der Waals surface area (Å²) in [4.78, 5) is 0. The highest BCUT2D eigenvalue weighted by Gasteiger charge is 2.23. The van der Waals surface area contributed by atoms with E-state index in [1.54, 1.807) is 13.2 Å². The van der Waals surface area contributed by atoms with E-state index in [0.29, 0.717) is 24.4 Å². The largest absolute Gasteiger partial charge is 0.508 e. The van der Waals surface area contributed by atoms with E-state index in [1.165, 1.54) is 0 Å². The second-order valence-corrected chi connectivity index (χ2v) is 5.44. The summed E-state index contributed by atoms with van der Waals surface area (Å²) in [6, 6.07) is 6.01. The SMILES string of the molecule is COC1CCC(NCc2cc(Br)ccc2O)C1. The molecule has 17 heavy (non-hydrogen) atoms. The first-order valence-corrected chi connectivity index (χ1v) is 6.72. The van der Waals surface area contributed by atoms with Crippen molar-refractivity contribution < 1.29 is 9.84 Å². The highest BCUT2D eigenvalue weighted by atomic mass is 79.9. The first kappa shape index (κ1) is 12.9. The molecule has 1 fully saturated rings. The molecule has 1 saturated carbocycles. The Bertz CT molecular complexity index is 384. The van der Waals surface area contributed by atoms with Crippen LogP contribution in [0.3, 0.4) is 0 Å². The monoisotopic (exact) mass is 299 g/mol. The molecule has 0 bridgehead atoms. The minimum atomic E-state index is 0.349. The minimum absolute atomic E-state index is 0.349. The molecule has 0 aromatic heterocycles. The molecule has 1 aliphatic rings. The van der Waals surface area contributed by atoms with Gasteiger partial charge in [-0.1, -0.05) is 15.9 Å². The molecule has 94 valence electrons. The zero-order valence-corrected chi connectivity index (χ0v) is 11.5. The summed E-state index contributed by atoms with van der Waals surface area (Å²) in [5.41, 5.74) is 0.931. The summed E-state index contributed by atoms with van der Waals surface area (Å²) >= 11 is 3.41. The lowest BCUT2D eigenvalue weighted by atomic mass is 10.1. The molecule has 1 aliphatic carbocycles. The van der Waals surface area contributed by atoms with Gasteiger partial charge in [0.2, 0.25) is 0 Å². The van der Waals surface area contributed by atoms with Crippen molar-refractivity contribution in [1.82, 2.24) is 5.32 Å². The molecule has 2 rings (SSSR count). The van der Waals surface area contributed by atoms with Crippen LogP contribution < -0.4 is 5.32 Å². The van der Waals surface area contributed by atoms with Gasteiger partial charge in [-0.2, -0.15) is 0 Å². The van der Waals surface area contributed by atoms with Gasteiger partial charge in [0.15, 0.2) is 0 Å². The maximum atomic E-state index is 9.72. The molecule has 2 unspecified atom stereocenters. The average Bonchev–Trinajstić information content (AvgIpc) is 2.78. The molecule has 2 atom stereocenters. The molecule has 0 heterocycles. The van der Waals surface area contributed by atoms with Crippen molar-refractivity contribution >= 4 is 15.9 Å². The Kier molecular flexibility index (Phi) is 4.42. The van der Waals surface area contributed by atoms with Crippen molar-refractivity contribution in [3.63, 3.8) is 0 Å². The summed E-state index contributed by atoms with van der Waals surface area (Å²) in [5.74, 6) is 0.349. The minimum Gasteiger partial charge on any atom is -0.508 e. The van der Waals surface area contributed by atoms with E-state index in [9.17, 15) is 5.11 Å². The molecule has 0 amide bonds. The fraction of sp³-hybridized carbons (Fsp3) is 0.538. The molecular weight excluding hydrogens is 282 g/mol. The van der Waals surface area contributed by atoms with Gasteiger partial charge in [0.25, 0.3) is 0 Å². The van der Waals surface area contributed by atoms with E-state index in [4.69, 9.17) is 4.74 Å². The summed E-state index contributed by atoms with van der Waals surface area (Å²) < 4.78 is 6.33. The third-order valence-electron chi connectivity index (χ3n) is 3.34. The van der Waals surface area contributed by atoms with Crippen LogP contribution in [-0.4, -0.2) is 24.4 Å². The van der Waals surface area contributed by atoms with Gasteiger partial charge in [-0.3, -0.25) is 0 Å². The number of phenols is 1. The second-order valence-electron chi connectivity index (χ2n) is 4.52. The lowest BCUT2D eigenvalue weighted by Gasteiger charge is -2.13. The van der Waals surface area contributed by atoms with Crippen LogP contribution in [0.15, 0.2) is 22.7 Å². The van der Waals surface area contributed by atoms with Crippen molar-refractivity contribution in [2.75, 3.05) is 7.11 Å². The van der Waals surface area contributed by atoms with Gasteiger partial charge in [0, 0.05) is 29.7 Å². The number of hydrogen-bond acceptors (Lipinski definition) is 3. The Morgan fingerprint density at radius 2 is 2.29 bits per heavy atom. The molecule has 0 spiro atoms. The lowest BCUT2D eigenvalue weighted by molar-refractivity contribution is 0.107. The number of methoxy groups -OCH3 is 1. The van der Waals surface area contributed by atoms with Crippen LogP contribution in [-0.2, 0) is 11.3 Å². The molecular formula is C13H18BrNO2. The highest BCUT2D eigenvalue weighted by Crippen LogP contribution is 2.24. The molecule has 1 aromatic rings. The van der Waals surface area contributed by atoms with Crippen LogP contribution in [0.1, 0.15) is 24.8 Å². The number of benzene rings is 1. The van der Waals surface area contributed by atoms with Gasteiger partial charge < -0.3 is 15.2 Å². The number of phenolic OH excluding ortho intramolecular Hbond substituents is 1. The number of rotatable bonds is 4. The molecule has 2 N–H and O–H groups in total. The third-order valence-corrected chi connectivity index (χ3v) is 3.83. The Balaban J connectivity index is 1.88. The van der Waals surface area contributed by atoms with Gasteiger partial charge in [-0.25, -0.2) is 0 Å². The average molecular weight is 300 g/mol. The number of halogens is 1. The fourth-order valence-electron chi connectivity index (χ4n) is 2.29. The number of aromatic hydroxyl groups is 1. The Morgan fingerprint density at radius 1 is 1.47 bits per heavy atom. The molecule has 0 aliphatic heterocycles. The normalized spacial score (nSPS) is 24.1. The predicted octanol–water partition coefficient (Wildman–Crippen LogP) is 2.81. The van der Waals surface area contributed by atoms with Crippen LogP contribution in [0.4, 0.5) is 0 Å². The number of ether oxygens (including phenoxy) is 1. The summed E-state index contributed by atoms with van der Waals surface area (Å²) in [6.07, 6.45) is 3.72. The van der Waals surface area contributed by atoms with Gasteiger partial charge in [-0.05, 0) is 37.5 Å². The van der Waals surface area contributed by atoms with Crippen molar-refractivity contribution in [2.24, 2.45) is 0 Å². The smallest absolute Gasteiger partial charge is 0.120 e. The van der Waals surface area contributed by atoms with E-state index in [1.807, 2.05) is 12.1 Å². The van der Waals surface area contributed by atoms with Crippen molar-refractivity contribution in [1.29, 1.82) is 0 Å². The van der Waals surface area contributed by atoms with Crippen LogP contribution >= 0.6 is 15.9 Å². The van der Waals surface area contributed by atoms with Crippen LogP contribution in [0.25, 0.3) is 0 Å². The summed E-state index contributed by atoms with van der Waals surface area (Å²) in [5, 5.41) is 13.2. The maximum absolute atomic E-state index is 9.72. The first-order chi connectivity index (χ1) is 8.19. The number of nitrogens with one attached hydrogen (secondary N) is 1. The Morgan fingerprint density at radius 3 is 3.00 bits per heavy atom. The standard InChI is InChI=1S/C13H18BrNO2/c1-17-12-4-3-11(7-12)15-8-9-6-10(14)2-5-13(9)16/h2,5-6,11-12,15-16H,3-4,7-8H2,1H3. The van der Waals surface area contributed by atoms with E-state index in [0.717, 1.165) is 29.3 Å². The van der Waals surface area contributed by atoms with Gasteiger partial charge in [-0.15, -0.1) is 0 Å². The third kappa shape index (κ3) is 3.44. The highest BCUT2D eigenvalue weighted by molar-refractivity contribution is 9.10. The maximum Gasteiger partial charge on any atom is 0.120 e. The lowest BCUT2D eigenvalue weighted by Crippen LogP contribution is -2.26. The molecule has 0 saturated heterocycles. The predicted molar refractivity (Wildman–Crippen MR) is 71.1 cm³/mol. The van der Waals surface area contributed by atoms with Crippen LogP contribution in [0, 0.1) is 0 Å². The fourth-order valence-corrected chi connectivity index (χ4v) is 2.70. The van der Waals surface area contributed by atoms with E-state index in [2.05, 4.69) is 21.2 Å². The van der Waals surface area contributed by atoms with Crippen LogP contribution in [0.2, 0.25) is 0 Å². The quantitative estimate of drug-likeness (QED) is 0.898. The van der Waals surface area contributed by atoms with Crippen molar-refractivity contribution in [2.45, 2.75) is 38.0 Å². The second kappa shape index (κ2) is 5.85. The molecule has 3 nitrogen and oxygen atoms in total. The topological polar surface area (TPSA) is 41.5 Å². The molecule has 1 aromatic carbocycles. The van der Waals surface area contributed by atoms with Gasteiger partial charge in [0.1, 0.15) is 5.75 Å². The van der Waals surface area contributed by atoms with Crippen LogP contribution in [0.5, 0.6) is 5.75 Å². The van der Waals surface area contributed by atoms with Crippen molar-refractivity contribution in [3.05, 3.63) is 28.2 Å².